The summed E-state index contributed by atoms with van der Waals surface area (Å²) in [5, 5.41) is 1.36. The van der Waals surface area contributed by atoms with E-state index in [2.05, 4.69) is 61.7 Å². The molecule has 28 heavy (non-hydrogen) atoms. The Balaban J connectivity index is 2.08. The van der Waals surface area contributed by atoms with Crippen molar-refractivity contribution in [2.45, 2.75) is 46.5 Å². The summed E-state index contributed by atoms with van der Waals surface area (Å²) in [4.78, 5) is 2.67. The summed E-state index contributed by atoms with van der Waals surface area (Å²) in [5.74, 6) is 0.899. The zero-order valence-corrected chi connectivity index (χ0v) is 18.4. The minimum absolute atomic E-state index is 0.899. The third-order valence-corrected chi connectivity index (χ3v) is 6.39. The van der Waals surface area contributed by atoms with Crippen LogP contribution in [0.15, 0.2) is 48.5 Å². The topological polar surface area (TPSA) is 12.2 Å². The van der Waals surface area contributed by atoms with Crippen LogP contribution in [0.25, 0.3) is 20.9 Å². The fourth-order valence-corrected chi connectivity index (χ4v) is 4.75. The van der Waals surface area contributed by atoms with Gasteiger partial charge in [0.1, 0.15) is 18.8 Å². The van der Waals surface area contributed by atoms with Crippen LogP contribution in [0.4, 0.5) is 0 Å². The fraction of sp³-hybridized carbons (Fsp3) is 0.400. The Labute approximate surface area is 173 Å². The Morgan fingerprint density at radius 1 is 0.857 bits per heavy atom. The molecule has 148 valence electrons. The van der Waals surface area contributed by atoms with Gasteiger partial charge < -0.3 is 4.74 Å². The van der Waals surface area contributed by atoms with E-state index in [1.807, 2.05) is 23.5 Å². The minimum Gasteiger partial charge on any atom is -0.497 e. The molecule has 3 heteroatoms. The van der Waals surface area contributed by atoms with Crippen LogP contribution in [0, 0.1) is 6.92 Å². The molecule has 3 rings (SSSR count). The van der Waals surface area contributed by atoms with Crippen LogP contribution < -0.4 is 14.7 Å². The first-order chi connectivity index (χ1) is 13.7. The summed E-state index contributed by atoms with van der Waals surface area (Å²) in [6.45, 7) is 9.04. The molecule has 0 spiro atoms. The van der Waals surface area contributed by atoms with Gasteiger partial charge in [0.05, 0.1) is 7.11 Å². The molecule has 0 amide bonds. The number of ether oxygens (including phenoxy) is 1. The van der Waals surface area contributed by atoms with Crippen molar-refractivity contribution in [3.05, 3.63) is 59.5 Å². The first-order valence-electron chi connectivity index (χ1n) is 10.4. The van der Waals surface area contributed by atoms with E-state index in [0.29, 0.717) is 0 Å². The highest BCUT2D eigenvalue weighted by atomic mass is 32.1. The van der Waals surface area contributed by atoms with Gasteiger partial charge >= 0.3 is 0 Å². The van der Waals surface area contributed by atoms with Crippen molar-refractivity contribution in [1.29, 1.82) is 0 Å². The monoisotopic (exact) mass is 394 g/mol. The van der Waals surface area contributed by atoms with Crippen molar-refractivity contribution >= 4 is 11.3 Å². The SMILES string of the molecule is CCCC[N+](CCCC)=c1ccc2c(C)cc(-c3ccc(OC)cc3)sc-2c1. The lowest BCUT2D eigenvalue weighted by atomic mass is 10.1. The maximum atomic E-state index is 5.30. The average Bonchev–Trinajstić information content (AvgIpc) is 2.73. The summed E-state index contributed by atoms with van der Waals surface area (Å²) in [7, 11) is 1.71. The van der Waals surface area contributed by atoms with Gasteiger partial charge in [-0.15, -0.1) is 11.3 Å². The van der Waals surface area contributed by atoms with Crippen LogP contribution in [0.2, 0.25) is 0 Å². The molecule has 0 aromatic heterocycles. The molecule has 0 atom stereocenters. The Morgan fingerprint density at radius 2 is 1.54 bits per heavy atom. The first kappa shape index (κ1) is 20.6. The molecule has 0 unspecified atom stereocenters. The summed E-state index contributed by atoms with van der Waals surface area (Å²) in [6, 6.07) is 17.7. The van der Waals surface area contributed by atoms with E-state index >= 15 is 0 Å². The highest BCUT2D eigenvalue weighted by Crippen LogP contribution is 2.36. The van der Waals surface area contributed by atoms with Crippen LogP contribution in [0.3, 0.4) is 0 Å². The molecule has 0 saturated heterocycles. The van der Waals surface area contributed by atoms with E-state index < -0.39 is 0 Å². The standard InChI is InChI=1S/C25H32NOS/c1-5-7-15-26(16-8-6-2)21-11-14-23-19(3)17-24(28-25(23)18-21)20-9-12-22(27-4)13-10-20/h9-14,17-18H,5-8,15-16H2,1-4H3/q+1. The van der Waals surface area contributed by atoms with Crippen LogP contribution in [-0.2, 0) is 0 Å². The maximum absolute atomic E-state index is 5.30. The molecule has 0 radical (unpaired) electrons. The molecular formula is C25H32NOS+. The Morgan fingerprint density at radius 3 is 2.14 bits per heavy atom. The van der Waals surface area contributed by atoms with Crippen LogP contribution in [-0.4, -0.2) is 20.2 Å². The van der Waals surface area contributed by atoms with Crippen LogP contribution >= 0.6 is 11.3 Å². The van der Waals surface area contributed by atoms with Gasteiger partial charge in [-0.25, -0.2) is 4.58 Å². The number of aryl methyl sites for hydroxylation is 1. The lowest BCUT2D eigenvalue weighted by molar-refractivity contribution is 0.415. The predicted molar refractivity (Wildman–Crippen MR) is 122 cm³/mol. The molecule has 2 aliphatic rings. The van der Waals surface area contributed by atoms with Crippen molar-refractivity contribution in [1.82, 2.24) is 4.58 Å². The number of nitrogens with zero attached hydrogens (tertiary/aromatic N) is 1. The fourth-order valence-electron chi connectivity index (χ4n) is 3.51. The van der Waals surface area contributed by atoms with E-state index in [1.54, 1.807) is 7.11 Å². The third kappa shape index (κ3) is 4.82. The van der Waals surface area contributed by atoms with E-state index in [0.717, 1.165) is 18.8 Å². The second-order valence-corrected chi connectivity index (χ2v) is 8.48. The summed E-state index contributed by atoms with van der Waals surface area (Å²) in [6.07, 6.45) is 4.96. The zero-order chi connectivity index (χ0) is 19.9. The largest absolute Gasteiger partial charge is 0.497 e. The normalized spacial score (nSPS) is 11.0. The van der Waals surface area contributed by atoms with Gasteiger partial charge in [-0.05, 0) is 60.0 Å². The Kier molecular flexibility index (Phi) is 7.27. The summed E-state index contributed by atoms with van der Waals surface area (Å²) >= 11 is 1.88. The lowest BCUT2D eigenvalue weighted by Gasteiger charge is -2.12. The van der Waals surface area contributed by atoms with Gasteiger partial charge in [0.25, 0.3) is 0 Å². The minimum atomic E-state index is 0.899. The molecule has 1 aromatic carbocycles. The first-order valence-corrected chi connectivity index (χ1v) is 11.2. The molecule has 0 fully saturated rings. The second-order valence-electron chi connectivity index (χ2n) is 7.40. The quantitative estimate of drug-likeness (QED) is 0.414. The summed E-state index contributed by atoms with van der Waals surface area (Å²) in [5.41, 5.74) is 3.94. The van der Waals surface area contributed by atoms with Gasteiger partial charge in [0.15, 0.2) is 0 Å². The molecule has 2 nitrogen and oxygen atoms in total. The van der Waals surface area contributed by atoms with E-state index in [1.165, 1.54) is 57.5 Å². The number of unbranched alkanes of at least 4 members (excludes halogenated alkanes) is 2. The van der Waals surface area contributed by atoms with Crippen LogP contribution in [0.1, 0.15) is 45.1 Å². The highest BCUT2D eigenvalue weighted by Gasteiger charge is 2.13. The van der Waals surface area contributed by atoms with Gasteiger partial charge in [0.2, 0.25) is 5.36 Å². The van der Waals surface area contributed by atoms with E-state index in [9.17, 15) is 0 Å². The number of hydrogen-bond acceptors (Lipinski definition) is 2. The third-order valence-electron chi connectivity index (χ3n) is 5.26. The number of methoxy groups -OCH3 is 1. The maximum Gasteiger partial charge on any atom is 0.201 e. The summed E-state index contributed by atoms with van der Waals surface area (Å²) < 4.78 is 7.87. The number of fused-ring (bicyclic) bond motifs is 1. The average molecular weight is 395 g/mol. The molecule has 1 aliphatic carbocycles. The Hall–Kier alpha value is -2.13. The van der Waals surface area contributed by atoms with Crippen molar-refractivity contribution < 1.29 is 4.74 Å². The lowest BCUT2D eigenvalue weighted by Crippen LogP contribution is -2.31. The zero-order valence-electron chi connectivity index (χ0n) is 17.6. The number of hydrogen-bond donors (Lipinski definition) is 0. The molecule has 0 N–H and O–H groups in total. The molecule has 1 aromatic rings. The molecule has 1 heterocycles. The van der Waals surface area contributed by atoms with Gasteiger partial charge in [-0.2, -0.15) is 0 Å². The molecule has 1 aliphatic heterocycles. The van der Waals surface area contributed by atoms with Crippen molar-refractivity contribution in [3.63, 3.8) is 0 Å². The van der Waals surface area contributed by atoms with Gasteiger partial charge in [0, 0.05) is 34.7 Å². The second kappa shape index (κ2) is 9.88. The number of benzene rings is 2. The van der Waals surface area contributed by atoms with E-state index in [-0.39, 0.29) is 0 Å². The number of rotatable bonds is 8. The Bertz CT molecular complexity index is 930. The highest BCUT2D eigenvalue weighted by molar-refractivity contribution is 7.18. The van der Waals surface area contributed by atoms with Crippen molar-refractivity contribution in [2.75, 3.05) is 20.2 Å². The van der Waals surface area contributed by atoms with Crippen molar-refractivity contribution in [3.8, 4) is 26.6 Å². The molecule has 0 bridgehead atoms. The van der Waals surface area contributed by atoms with Crippen LogP contribution in [0.5, 0.6) is 5.75 Å². The molecule has 0 saturated carbocycles. The molecular weight excluding hydrogens is 362 g/mol. The predicted octanol–water partition coefficient (Wildman–Crippen LogP) is 6.21. The van der Waals surface area contributed by atoms with E-state index in [4.69, 9.17) is 4.74 Å². The van der Waals surface area contributed by atoms with Gasteiger partial charge in [-0.1, -0.05) is 26.7 Å². The van der Waals surface area contributed by atoms with Crippen molar-refractivity contribution in [2.24, 2.45) is 0 Å². The smallest absolute Gasteiger partial charge is 0.201 e. The van der Waals surface area contributed by atoms with Gasteiger partial charge in [-0.3, -0.25) is 0 Å².